The number of nitrogens with zero attached hydrogens (tertiary/aromatic N) is 2. The summed E-state index contributed by atoms with van der Waals surface area (Å²) in [5.41, 5.74) is 1.88. The second kappa shape index (κ2) is 7.57. The van der Waals surface area contributed by atoms with Gasteiger partial charge in [0.15, 0.2) is 0 Å². The van der Waals surface area contributed by atoms with Crippen molar-refractivity contribution in [1.82, 2.24) is 4.90 Å². The summed E-state index contributed by atoms with van der Waals surface area (Å²) < 4.78 is 0. The van der Waals surface area contributed by atoms with E-state index >= 15 is 0 Å². The molecule has 1 aliphatic heterocycles. The van der Waals surface area contributed by atoms with E-state index in [4.69, 9.17) is 0 Å². The molecule has 2 nitrogen and oxygen atoms in total. The SMILES string of the molecule is CC(C)(C)CCCCN1CCN(c2cccc3ccccc23)CC1. The zero-order chi connectivity index (χ0) is 17.0. The highest BCUT2D eigenvalue weighted by molar-refractivity contribution is 5.94. The van der Waals surface area contributed by atoms with Gasteiger partial charge in [0, 0.05) is 37.3 Å². The fourth-order valence-corrected chi connectivity index (χ4v) is 3.69. The molecule has 0 spiro atoms. The van der Waals surface area contributed by atoms with Crippen molar-refractivity contribution in [3.63, 3.8) is 0 Å². The Hall–Kier alpha value is -1.54. The van der Waals surface area contributed by atoms with Gasteiger partial charge in [-0.25, -0.2) is 0 Å². The van der Waals surface area contributed by atoms with E-state index in [2.05, 4.69) is 73.0 Å². The maximum absolute atomic E-state index is 2.64. The molecule has 0 bridgehead atoms. The number of benzene rings is 2. The van der Waals surface area contributed by atoms with Crippen molar-refractivity contribution in [3.05, 3.63) is 42.5 Å². The summed E-state index contributed by atoms with van der Waals surface area (Å²) in [4.78, 5) is 5.21. The van der Waals surface area contributed by atoms with Crippen LogP contribution in [0.25, 0.3) is 10.8 Å². The van der Waals surface area contributed by atoms with Crippen molar-refractivity contribution < 1.29 is 0 Å². The molecule has 1 aliphatic rings. The third kappa shape index (κ3) is 4.51. The summed E-state index contributed by atoms with van der Waals surface area (Å²) in [6, 6.07) is 15.4. The van der Waals surface area contributed by atoms with E-state index < -0.39 is 0 Å². The lowest BCUT2D eigenvalue weighted by Crippen LogP contribution is -2.46. The normalized spacial score (nSPS) is 16.7. The van der Waals surface area contributed by atoms with Gasteiger partial charge in [-0.2, -0.15) is 0 Å². The fourth-order valence-electron chi connectivity index (χ4n) is 3.69. The predicted molar refractivity (Wildman–Crippen MR) is 106 cm³/mol. The summed E-state index contributed by atoms with van der Waals surface area (Å²) in [5.74, 6) is 0. The highest BCUT2D eigenvalue weighted by atomic mass is 15.3. The smallest absolute Gasteiger partial charge is 0.0446 e. The average Bonchev–Trinajstić information content (AvgIpc) is 2.58. The molecule has 0 aliphatic carbocycles. The molecule has 0 N–H and O–H groups in total. The molecule has 0 amide bonds. The molecule has 130 valence electrons. The van der Waals surface area contributed by atoms with E-state index in [0.717, 1.165) is 13.1 Å². The van der Waals surface area contributed by atoms with Crippen LogP contribution in [0, 0.1) is 5.41 Å². The highest BCUT2D eigenvalue weighted by Crippen LogP contribution is 2.27. The van der Waals surface area contributed by atoms with Crippen LogP contribution in [0.15, 0.2) is 42.5 Å². The van der Waals surface area contributed by atoms with Gasteiger partial charge >= 0.3 is 0 Å². The summed E-state index contributed by atoms with van der Waals surface area (Å²) >= 11 is 0. The summed E-state index contributed by atoms with van der Waals surface area (Å²) in [6.07, 6.45) is 4.03. The fraction of sp³-hybridized carbons (Fsp3) is 0.545. The molecule has 3 rings (SSSR count). The van der Waals surface area contributed by atoms with Crippen molar-refractivity contribution in [2.24, 2.45) is 5.41 Å². The zero-order valence-electron chi connectivity index (χ0n) is 15.6. The lowest BCUT2D eigenvalue weighted by Gasteiger charge is -2.36. The molecule has 0 atom stereocenters. The minimum atomic E-state index is 0.479. The molecule has 1 saturated heterocycles. The maximum atomic E-state index is 2.64. The molecule has 2 aromatic carbocycles. The Bertz CT molecular complexity index is 643. The average molecular weight is 325 g/mol. The molecule has 0 unspecified atom stereocenters. The highest BCUT2D eigenvalue weighted by Gasteiger charge is 2.18. The number of unbranched alkanes of at least 4 members (excludes halogenated alkanes) is 1. The zero-order valence-corrected chi connectivity index (χ0v) is 15.6. The minimum absolute atomic E-state index is 0.479. The van der Waals surface area contributed by atoms with Gasteiger partial charge in [-0.05, 0) is 36.3 Å². The molecule has 0 saturated carbocycles. The molecule has 24 heavy (non-hydrogen) atoms. The lowest BCUT2D eigenvalue weighted by molar-refractivity contribution is 0.245. The number of hydrogen-bond acceptors (Lipinski definition) is 2. The van der Waals surface area contributed by atoms with Crippen molar-refractivity contribution in [2.75, 3.05) is 37.6 Å². The van der Waals surface area contributed by atoms with Crippen molar-refractivity contribution in [2.45, 2.75) is 40.0 Å². The van der Waals surface area contributed by atoms with Crippen LogP contribution in [-0.2, 0) is 0 Å². The number of anilines is 1. The lowest BCUT2D eigenvalue weighted by atomic mass is 9.90. The van der Waals surface area contributed by atoms with Crippen molar-refractivity contribution in [3.8, 4) is 0 Å². The van der Waals surface area contributed by atoms with Crippen molar-refractivity contribution >= 4 is 16.5 Å². The quantitative estimate of drug-likeness (QED) is 0.699. The Morgan fingerprint density at radius 1 is 0.833 bits per heavy atom. The van der Waals surface area contributed by atoms with Gasteiger partial charge in [0.2, 0.25) is 0 Å². The van der Waals surface area contributed by atoms with Crippen LogP contribution in [0.4, 0.5) is 5.69 Å². The first-order valence-electron chi connectivity index (χ1n) is 9.48. The molecule has 1 heterocycles. The van der Waals surface area contributed by atoms with Crippen LogP contribution in [0.2, 0.25) is 0 Å². The largest absolute Gasteiger partial charge is 0.368 e. The van der Waals surface area contributed by atoms with Gasteiger partial charge < -0.3 is 4.90 Å². The minimum Gasteiger partial charge on any atom is -0.368 e. The van der Waals surface area contributed by atoms with E-state index in [9.17, 15) is 0 Å². The third-order valence-corrected chi connectivity index (χ3v) is 5.13. The Morgan fingerprint density at radius 2 is 1.54 bits per heavy atom. The number of fused-ring (bicyclic) bond motifs is 1. The molecule has 0 aromatic heterocycles. The first kappa shape index (κ1) is 17.3. The first-order valence-corrected chi connectivity index (χ1v) is 9.48. The Kier molecular flexibility index (Phi) is 5.45. The predicted octanol–water partition coefficient (Wildman–Crippen LogP) is 5.18. The molecular weight excluding hydrogens is 292 g/mol. The van der Waals surface area contributed by atoms with E-state index in [0.29, 0.717) is 5.41 Å². The third-order valence-electron chi connectivity index (χ3n) is 5.13. The van der Waals surface area contributed by atoms with Crippen molar-refractivity contribution in [1.29, 1.82) is 0 Å². The van der Waals surface area contributed by atoms with E-state index in [1.54, 1.807) is 0 Å². The first-order chi connectivity index (χ1) is 11.5. The Morgan fingerprint density at radius 3 is 2.29 bits per heavy atom. The summed E-state index contributed by atoms with van der Waals surface area (Å²) in [7, 11) is 0. The van der Waals surface area contributed by atoms with Crippen LogP contribution in [0.3, 0.4) is 0 Å². The molecule has 0 radical (unpaired) electrons. The topological polar surface area (TPSA) is 6.48 Å². The van der Waals surface area contributed by atoms with Crippen LogP contribution in [-0.4, -0.2) is 37.6 Å². The second-order valence-corrected chi connectivity index (χ2v) is 8.34. The van der Waals surface area contributed by atoms with Gasteiger partial charge in [0.05, 0.1) is 0 Å². The number of hydrogen-bond donors (Lipinski definition) is 0. The maximum Gasteiger partial charge on any atom is 0.0446 e. The summed E-state index contributed by atoms with van der Waals surface area (Å²) in [6.45, 7) is 13.0. The number of piperazine rings is 1. The van der Waals surface area contributed by atoms with Crippen LogP contribution in [0.1, 0.15) is 40.0 Å². The van der Waals surface area contributed by atoms with Gasteiger partial charge in [0.1, 0.15) is 0 Å². The van der Waals surface area contributed by atoms with Crippen LogP contribution in [0.5, 0.6) is 0 Å². The van der Waals surface area contributed by atoms with Crippen LogP contribution >= 0.6 is 0 Å². The molecule has 2 heteroatoms. The molecule has 2 aromatic rings. The van der Waals surface area contributed by atoms with E-state index in [1.165, 1.54) is 55.4 Å². The van der Waals surface area contributed by atoms with E-state index in [1.807, 2.05) is 0 Å². The Labute approximate surface area is 147 Å². The van der Waals surface area contributed by atoms with Crippen LogP contribution < -0.4 is 4.90 Å². The molecular formula is C22H32N2. The van der Waals surface area contributed by atoms with E-state index in [-0.39, 0.29) is 0 Å². The number of rotatable bonds is 5. The van der Waals surface area contributed by atoms with Gasteiger partial charge in [-0.3, -0.25) is 4.90 Å². The standard InChI is InChI=1S/C22H32N2/c1-22(2,3)13-6-7-14-23-15-17-24(18-16-23)21-12-8-10-19-9-4-5-11-20(19)21/h4-5,8-12H,6-7,13-18H2,1-3H3. The van der Waals surface area contributed by atoms with Gasteiger partial charge in [-0.1, -0.05) is 63.6 Å². The van der Waals surface area contributed by atoms with Gasteiger partial charge in [-0.15, -0.1) is 0 Å². The summed E-state index contributed by atoms with van der Waals surface area (Å²) in [5, 5.41) is 2.73. The second-order valence-electron chi connectivity index (χ2n) is 8.34. The Balaban J connectivity index is 1.52. The monoisotopic (exact) mass is 324 g/mol. The molecule has 1 fully saturated rings. The van der Waals surface area contributed by atoms with Gasteiger partial charge in [0.25, 0.3) is 0 Å².